The van der Waals surface area contributed by atoms with E-state index >= 15 is 0 Å². The van der Waals surface area contributed by atoms with Crippen molar-refractivity contribution in [3.63, 3.8) is 0 Å². The van der Waals surface area contributed by atoms with Crippen molar-refractivity contribution in [3.05, 3.63) is 0 Å². The van der Waals surface area contributed by atoms with Crippen LogP contribution in [0, 0.1) is 5.92 Å². The second kappa shape index (κ2) is 13.4. The zero-order chi connectivity index (χ0) is 13.1. The van der Waals surface area contributed by atoms with Gasteiger partial charge in [-0.1, -0.05) is 33.1 Å². The van der Waals surface area contributed by atoms with Crippen LogP contribution in [-0.2, 0) is 0 Å². The van der Waals surface area contributed by atoms with Gasteiger partial charge < -0.3 is 10.6 Å². The maximum Gasteiger partial charge on any atom is 0.191 e. The molecule has 0 bridgehead atoms. The van der Waals surface area contributed by atoms with Crippen molar-refractivity contribution >= 4 is 29.9 Å². The van der Waals surface area contributed by atoms with Gasteiger partial charge in [0.05, 0.1) is 0 Å². The van der Waals surface area contributed by atoms with Gasteiger partial charge in [0.2, 0.25) is 0 Å². The van der Waals surface area contributed by atoms with E-state index in [1.165, 1.54) is 32.1 Å². The highest BCUT2D eigenvalue weighted by Crippen LogP contribution is 2.15. The monoisotopic (exact) mass is 369 g/mol. The summed E-state index contributed by atoms with van der Waals surface area (Å²) >= 11 is 0. The lowest BCUT2D eigenvalue weighted by Gasteiger charge is -2.20. The number of halogens is 1. The first-order valence-electron chi connectivity index (χ1n) is 7.24. The minimum absolute atomic E-state index is 0. The van der Waals surface area contributed by atoms with E-state index in [0.29, 0.717) is 11.9 Å². The van der Waals surface area contributed by atoms with Crippen LogP contribution < -0.4 is 5.73 Å². The van der Waals surface area contributed by atoms with Gasteiger partial charge in [-0.2, -0.15) is 0 Å². The van der Waals surface area contributed by atoms with E-state index in [1.807, 2.05) is 0 Å². The topological polar surface area (TPSA) is 41.6 Å². The number of unbranched alkanes of at least 4 members (excludes halogenated alkanes) is 1. The number of nitrogens with two attached hydrogens (primary N) is 1. The Labute approximate surface area is 131 Å². The van der Waals surface area contributed by atoms with Gasteiger partial charge in [0.25, 0.3) is 0 Å². The number of hydrogen-bond donors (Lipinski definition) is 1. The molecule has 0 saturated carbocycles. The minimum atomic E-state index is 0. The van der Waals surface area contributed by atoms with Gasteiger partial charge in [-0.15, -0.1) is 24.0 Å². The third-order valence-electron chi connectivity index (χ3n) is 3.26. The van der Waals surface area contributed by atoms with E-state index in [4.69, 9.17) is 5.73 Å². The lowest BCUT2D eigenvalue weighted by atomic mass is 9.97. The van der Waals surface area contributed by atoms with E-state index in [0.717, 1.165) is 19.6 Å². The van der Waals surface area contributed by atoms with Crippen LogP contribution in [0.4, 0.5) is 0 Å². The normalized spacial score (nSPS) is 13.0. The van der Waals surface area contributed by atoms with Crippen LogP contribution in [0.5, 0.6) is 0 Å². The molecule has 0 radical (unpaired) electrons. The molecule has 0 heterocycles. The Morgan fingerprint density at radius 3 is 2.11 bits per heavy atom. The van der Waals surface area contributed by atoms with Gasteiger partial charge in [0.1, 0.15) is 0 Å². The summed E-state index contributed by atoms with van der Waals surface area (Å²) in [6.07, 6.45) is 6.39. The Morgan fingerprint density at radius 1 is 1.06 bits per heavy atom. The van der Waals surface area contributed by atoms with Gasteiger partial charge in [-0.05, 0) is 32.6 Å². The average Bonchev–Trinajstić information content (AvgIpc) is 2.34. The summed E-state index contributed by atoms with van der Waals surface area (Å²) in [4.78, 5) is 6.67. The third kappa shape index (κ3) is 9.00. The maximum atomic E-state index is 5.99. The molecule has 0 aliphatic carbocycles. The Morgan fingerprint density at radius 2 is 1.67 bits per heavy atom. The Hall–Kier alpha value is 0. The van der Waals surface area contributed by atoms with Crippen LogP contribution in [0.1, 0.15) is 59.8 Å². The maximum absolute atomic E-state index is 5.99. The fraction of sp³-hybridized carbons (Fsp3) is 0.929. The molecule has 1 atom stereocenters. The summed E-state index contributed by atoms with van der Waals surface area (Å²) in [5, 5.41) is 0. The van der Waals surface area contributed by atoms with Crippen LogP contribution in [0.3, 0.4) is 0 Å². The highest BCUT2D eigenvalue weighted by molar-refractivity contribution is 14.0. The van der Waals surface area contributed by atoms with Crippen molar-refractivity contribution in [2.24, 2.45) is 16.6 Å². The molecule has 0 amide bonds. The van der Waals surface area contributed by atoms with E-state index in [2.05, 4.69) is 37.6 Å². The molecule has 4 heteroatoms. The van der Waals surface area contributed by atoms with Crippen LogP contribution in [0.25, 0.3) is 0 Å². The summed E-state index contributed by atoms with van der Waals surface area (Å²) in [5.74, 6) is 1.43. The quantitative estimate of drug-likeness (QED) is 0.381. The van der Waals surface area contributed by atoms with Crippen molar-refractivity contribution in [2.75, 3.05) is 19.6 Å². The standard InChI is InChI=1S/C14H31N3.HI/c1-5-9-11-13(10-6-2)12-16-14(15)17(7-3)8-4;/h13H,5-12H2,1-4H3,(H2,15,16);1H. The molecule has 0 spiro atoms. The molecule has 0 aliphatic rings. The Bertz CT molecular complexity index is 203. The molecule has 110 valence electrons. The number of rotatable bonds is 9. The molecule has 0 aromatic carbocycles. The van der Waals surface area contributed by atoms with Crippen molar-refractivity contribution in [1.82, 2.24) is 4.90 Å². The second-order valence-corrected chi connectivity index (χ2v) is 4.67. The highest BCUT2D eigenvalue weighted by atomic mass is 127. The van der Waals surface area contributed by atoms with Crippen molar-refractivity contribution in [3.8, 4) is 0 Å². The molecular weight excluding hydrogens is 337 g/mol. The molecule has 3 nitrogen and oxygen atoms in total. The molecule has 2 N–H and O–H groups in total. The van der Waals surface area contributed by atoms with Gasteiger partial charge in [-0.25, -0.2) is 0 Å². The third-order valence-corrected chi connectivity index (χ3v) is 3.26. The zero-order valence-corrected chi connectivity index (χ0v) is 14.9. The smallest absolute Gasteiger partial charge is 0.191 e. The van der Waals surface area contributed by atoms with Gasteiger partial charge >= 0.3 is 0 Å². The summed E-state index contributed by atoms with van der Waals surface area (Å²) in [7, 11) is 0. The highest BCUT2D eigenvalue weighted by Gasteiger charge is 2.08. The molecule has 0 saturated heterocycles. The van der Waals surface area contributed by atoms with Crippen LogP contribution >= 0.6 is 24.0 Å². The van der Waals surface area contributed by atoms with Crippen LogP contribution in [-0.4, -0.2) is 30.5 Å². The van der Waals surface area contributed by atoms with E-state index in [9.17, 15) is 0 Å². The fourth-order valence-electron chi connectivity index (χ4n) is 2.10. The summed E-state index contributed by atoms with van der Waals surface area (Å²) < 4.78 is 0. The Kier molecular flexibility index (Phi) is 15.2. The molecule has 0 aliphatic heterocycles. The first-order chi connectivity index (χ1) is 8.19. The number of nitrogens with zero attached hydrogens (tertiary/aromatic N) is 2. The average molecular weight is 369 g/mol. The van der Waals surface area contributed by atoms with E-state index < -0.39 is 0 Å². The van der Waals surface area contributed by atoms with Crippen molar-refractivity contribution in [2.45, 2.75) is 59.8 Å². The lowest BCUT2D eigenvalue weighted by molar-refractivity contribution is 0.426. The van der Waals surface area contributed by atoms with Crippen LogP contribution in [0.2, 0.25) is 0 Å². The van der Waals surface area contributed by atoms with Gasteiger partial charge in [-0.3, -0.25) is 4.99 Å². The van der Waals surface area contributed by atoms with Crippen molar-refractivity contribution < 1.29 is 0 Å². The lowest BCUT2D eigenvalue weighted by Crippen LogP contribution is -2.37. The van der Waals surface area contributed by atoms with E-state index in [1.54, 1.807) is 0 Å². The minimum Gasteiger partial charge on any atom is -0.370 e. The van der Waals surface area contributed by atoms with Crippen molar-refractivity contribution in [1.29, 1.82) is 0 Å². The van der Waals surface area contributed by atoms with Gasteiger partial charge in [0, 0.05) is 19.6 Å². The summed E-state index contributed by atoms with van der Waals surface area (Å²) in [6.45, 7) is 11.5. The zero-order valence-electron chi connectivity index (χ0n) is 12.6. The largest absolute Gasteiger partial charge is 0.370 e. The predicted molar refractivity (Wildman–Crippen MR) is 92.7 cm³/mol. The molecule has 0 aromatic rings. The number of guanidine groups is 1. The molecule has 0 fully saturated rings. The molecule has 1 unspecified atom stereocenters. The first-order valence-corrected chi connectivity index (χ1v) is 7.24. The fourth-order valence-corrected chi connectivity index (χ4v) is 2.10. The SMILES string of the molecule is CCCCC(CCC)CN=C(N)N(CC)CC.I. The molecule has 18 heavy (non-hydrogen) atoms. The number of hydrogen-bond acceptors (Lipinski definition) is 1. The Balaban J connectivity index is 0. The van der Waals surface area contributed by atoms with E-state index in [-0.39, 0.29) is 24.0 Å². The summed E-state index contributed by atoms with van der Waals surface area (Å²) in [6, 6.07) is 0. The van der Waals surface area contributed by atoms with Crippen LogP contribution in [0.15, 0.2) is 4.99 Å². The number of aliphatic imine (C=N–C) groups is 1. The predicted octanol–water partition coefficient (Wildman–Crippen LogP) is 3.87. The second-order valence-electron chi connectivity index (χ2n) is 4.67. The molecular formula is C14H32IN3. The molecule has 0 rings (SSSR count). The first kappa shape index (κ1) is 20.3. The summed E-state index contributed by atoms with van der Waals surface area (Å²) in [5.41, 5.74) is 5.99. The molecule has 0 aromatic heterocycles. The van der Waals surface area contributed by atoms with Gasteiger partial charge in [0.15, 0.2) is 5.96 Å².